The first kappa shape index (κ1) is 35.4. The zero-order chi connectivity index (χ0) is 35.2. The van der Waals surface area contributed by atoms with Crippen molar-refractivity contribution in [2.75, 3.05) is 41.5 Å². The Bertz CT molecular complexity index is 2210. The van der Waals surface area contributed by atoms with Crippen molar-refractivity contribution in [2.24, 2.45) is 15.3 Å². The second-order valence-corrected chi connectivity index (χ2v) is 14.8. The summed E-state index contributed by atoms with van der Waals surface area (Å²) in [5.41, 5.74) is -1.77. The Morgan fingerprint density at radius 1 is 0.917 bits per heavy atom. The van der Waals surface area contributed by atoms with Gasteiger partial charge in [-0.2, -0.15) is 60.5 Å². The molecule has 256 valence electrons. The van der Waals surface area contributed by atoms with E-state index in [9.17, 15) is 43.7 Å². The minimum absolute atomic E-state index is 0.0541. The van der Waals surface area contributed by atoms with Gasteiger partial charge in [-0.1, -0.05) is 11.6 Å². The van der Waals surface area contributed by atoms with E-state index in [0.717, 1.165) is 18.2 Å². The molecule has 0 saturated carbocycles. The van der Waals surface area contributed by atoms with Crippen LogP contribution < -0.4 is 15.2 Å². The number of morpholine rings is 1. The summed E-state index contributed by atoms with van der Waals surface area (Å²) in [4.78, 5) is 24.4. The Morgan fingerprint density at radius 3 is 2.21 bits per heavy atom. The molecule has 3 aromatic rings. The van der Waals surface area contributed by atoms with Gasteiger partial charge in [-0.25, -0.2) is 0 Å². The van der Waals surface area contributed by atoms with Crippen molar-refractivity contribution in [2.45, 2.75) is 27.7 Å². The molecule has 1 saturated heterocycles. The number of anilines is 4. The fourth-order valence-corrected chi connectivity index (χ4v) is 6.50. The van der Waals surface area contributed by atoms with Crippen LogP contribution >= 0.6 is 23.2 Å². The number of rotatable bonds is 9. The van der Waals surface area contributed by atoms with E-state index in [0.29, 0.717) is 43.4 Å². The predicted molar refractivity (Wildman–Crippen MR) is 167 cm³/mol. The molecule has 1 aromatic heterocycles. The molecule has 0 bridgehead atoms. The number of halogens is 2. The van der Waals surface area contributed by atoms with E-state index < -0.39 is 68.4 Å². The summed E-state index contributed by atoms with van der Waals surface area (Å²) >= 11 is 12.1. The second-order valence-electron chi connectivity index (χ2n) is 9.82. The van der Waals surface area contributed by atoms with Crippen molar-refractivity contribution in [3.63, 3.8) is 0 Å². The number of nitrogens with zero attached hydrogens (tertiary/aromatic N) is 8. The van der Waals surface area contributed by atoms with Crippen LogP contribution in [-0.4, -0.2) is 97.8 Å². The topological polar surface area (TPSA) is 284 Å². The van der Waals surface area contributed by atoms with Crippen LogP contribution in [0.1, 0.15) is 6.92 Å². The third kappa shape index (κ3) is 7.68. The smallest absolute Gasteiger partial charge is 0.296 e. The number of carbonyl (C=O) groups is 1. The van der Waals surface area contributed by atoms with Gasteiger partial charge in [-0.05, 0) is 48.9 Å². The second kappa shape index (κ2) is 13.2. The van der Waals surface area contributed by atoms with Crippen LogP contribution in [0.5, 0.6) is 0 Å². The monoisotopic (exact) mass is 765 g/mol. The Balaban J connectivity index is 1.53. The first-order chi connectivity index (χ1) is 22.3. The van der Waals surface area contributed by atoms with Crippen molar-refractivity contribution >= 4 is 94.1 Å². The van der Waals surface area contributed by atoms with Gasteiger partial charge >= 0.3 is 0 Å². The molecule has 2 aromatic carbocycles. The highest BCUT2D eigenvalue weighted by atomic mass is 35.5. The number of benzene rings is 2. The Hall–Kier alpha value is -3.94. The van der Waals surface area contributed by atoms with Crippen LogP contribution in [0.3, 0.4) is 0 Å². The number of hydrogen-bond donors (Lipinski definition) is 4. The van der Waals surface area contributed by atoms with E-state index in [1.165, 1.54) is 6.92 Å². The fourth-order valence-electron chi connectivity index (χ4n) is 4.36. The molecule has 1 amide bonds. The molecule has 4 N–H and O–H groups in total. The van der Waals surface area contributed by atoms with Crippen molar-refractivity contribution in [3.05, 3.63) is 40.6 Å². The number of ether oxygens (including phenoxy) is 1. The van der Waals surface area contributed by atoms with Gasteiger partial charge in [-0.15, -0.1) is 0 Å². The van der Waals surface area contributed by atoms with Gasteiger partial charge in [0.1, 0.15) is 15.5 Å². The molecule has 5 rings (SSSR count). The summed E-state index contributed by atoms with van der Waals surface area (Å²) in [5, 5.41) is 14.1. The lowest BCUT2D eigenvalue weighted by Crippen LogP contribution is -2.37. The standard InChI is InChI=1S/C23H21Cl2N9O11S3/c1-11-19(20(35)34(32-11)16-8-12(46(36,37)38)2-3-13(16)24)31-30-15-10-17(47(39,40)41)14(9-18(15)48(42,43)44)26-22-27-21(25)28-23(29-22)33-4-6-45-7-5-33/h2-3,8-10,19H,4-7H2,1H3,(H,36,37,38)(H,39,40,41)(H,42,43,44)(H,26,27,28,29)/t19-/m1/s1. The summed E-state index contributed by atoms with van der Waals surface area (Å²) < 4.78 is 107. The van der Waals surface area contributed by atoms with Crippen LogP contribution in [0.25, 0.3) is 0 Å². The normalized spacial score (nSPS) is 17.7. The highest BCUT2D eigenvalue weighted by Gasteiger charge is 2.36. The molecule has 2 aliphatic heterocycles. The largest absolute Gasteiger partial charge is 0.378 e. The third-order valence-corrected chi connectivity index (χ3v) is 9.69. The zero-order valence-electron chi connectivity index (χ0n) is 24.0. The summed E-state index contributed by atoms with van der Waals surface area (Å²) in [7, 11) is -15.0. The van der Waals surface area contributed by atoms with Crippen LogP contribution in [0.15, 0.2) is 60.3 Å². The number of amides is 1. The van der Waals surface area contributed by atoms with Gasteiger partial charge in [0.05, 0.1) is 40.2 Å². The molecule has 48 heavy (non-hydrogen) atoms. The minimum atomic E-state index is -5.19. The lowest BCUT2D eigenvalue weighted by Gasteiger charge is -2.26. The van der Waals surface area contributed by atoms with Crippen molar-refractivity contribution in [1.82, 2.24) is 15.0 Å². The highest BCUT2D eigenvalue weighted by Crippen LogP contribution is 2.37. The highest BCUT2D eigenvalue weighted by molar-refractivity contribution is 7.86. The number of hydrogen-bond acceptors (Lipinski definition) is 16. The Morgan fingerprint density at radius 2 is 1.58 bits per heavy atom. The van der Waals surface area contributed by atoms with Gasteiger partial charge in [0, 0.05) is 13.1 Å². The van der Waals surface area contributed by atoms with Gasteiger partial charge in [0.25, 0.3) is 36.3 Å². The molecule has 20 nitrogen and oxygen atoms in total. The average Bonchev–Trinajstić information content (AvgIpc) is 3.27. The lowest BCUT2D eigenvalue weighted by atomic mass is 10.2. The summed E-state index contributed by atoms with van der Waals surface area (Å²) in [5.74, 6) is -1.25. The molecular formula is C23H21Cl2N9O11S3. The van der Waals surface area contributed by atoms with E-state index in [-0.39, 0.29) is 33.6 Å². The summed E-state index contributed by atoms with van der Waals surface area (Å²) in [6.45, 7) is 2.80. The SMILES string of the molecule is CC1=NN(c2cc(S(=O)(=O)O)ccc2Cl)C(=O)[C@@H]1N=Nc1cc(S(=O)(=O)O)c(Nc2nc(Cl)nc(N3CCOCC3)n2)cc1S(=O)(=O)O. The van der Waals surface area contributed by atoms with E-state index in [1.807, 2.05) is 0 Å². The summed E-state index contributed by atoms with van der Waals surface area (Å²) in [6.07, 6.45) is 0. The van der Waals surface area contributed by atoms with Crippen molar-refractivity contribution in [1.29, 1.82) is 0 Å². The van der Waals surface area contributed by atoms with Gasteiger partial charge < -0.3 is 15.0 Å². The maximum atomic E-state index is 13.2. The van der Waals surface area contributed by atoms with Gasteiger partial charge in [0.2, 0.25) is 17.2 Å². The summed E-state index contributed by atoms with van der Waals surface area (Å²) in [6, 6.07) is 2.51. The van der Waals surface area contributed by atoms with E-state index in [4.69, 9.17) is 27.9 Å². The maximum absolute atomic E-state index is 13.2. The van der Waals surface area contributed by atoms with Crippen LogP contribution in [-0.2, 0) is 39.9 Å². The molecule has 0 aliphatic carbocycles. The van der Waals surface area contributed by atoms with Gasteiger partial charge in [-0.3, -0.25) is 18.5 Å². The Labute approximate surface area is 281 Å². The number of aromatic nitrogens is 3. The van der Waals surface area contributed by atoms with Crippen LogP contribution in [0.2, 0.25) is 10.3 Å². The number of hydrazone groups is 1. The predicted octanol–water partition coefficient (Wildman–Crippen LogP) is 2.37. The molecule has 1 fully saturated rings. The van der Waals surface area contributed by atoms with Crippen LogP contribution in [0.4, 0.5) is 29.0 Å². The molecule has 0 unspecified atom stereocenters. The minimum Gasteiger partial charge on any atom is -0.378 e. The Kier molecular flexibility index (Phi) is 9.70. The molecule has 2 aliphatic rings. The molecule has 0 radical (unpaired) electrons. The number of azo groups is 1. The molecule has 25 heteroatoms. The number of carbonyl (C=O) groups excluding carboxylic acids is 1. The average molecular weight is 767 g/mol. The first-order valence-corrected chi connectivity index (χ1v) is 18.1. The lowest BCUT2D eigenvalue weighted by molar-refractivity contribution is -0.117. The molecular weight excluding hydrogens is 745 g/mol. The molecule has 1 atom stereocenters. The van der Waals surface area contributed by atoms with Gasteiger partial charge in [0.15, 0.2) is 6.04 Å². The fraction of sp³-hybridized carbons (Fsp3) is 0.261. The zero-order valence-corrected chi connectivity index (χ0v) is 27.9. The van der Waals surface area contributed by atoms with E-state index >= 15 is 0 Å². The maximum Gasteiger partial charge on any atom is 0.296 e. The van der Waals surface area contributed by atoms with Crippen molar-refractivity contribution < 1.29 is 48.4 Å². The van der Waals surface area contributed by atoms with E-state index in [1.54, 1.807) is 4.90 Å². The molecule has 3 heterocycles. The number of nitrogens with one attached hydrogen (secondary N) is 1. The third-order valence-electron chi connectivity index (χ3n) is 6.57. The van der Waals surface area contributed by atoms with Crippen LogP contribution in [0, 0.1) is 0 Å². The van der Waals surface area contributed by atoms with E-state index in [2.05, 4.69) is 35.6 Å². The molecule has 0 spiro atoms. The quantitative estimate of drug-likeness (QED) is 0.180. The first-order valence-electron chi connectivity index (χ1n) is 13.0. The van der Waals surface area contributed by atoms with Crippen molar-refractivity contribution in [3.8, 4) is 0 Å².